The lowest BCUT2D eigenvalue weighted by Gasteiger charge is -2.04. The zero-order chi connectivity index (χ0) is 17.6. The summed E-state index contributed by atoms with van der Waals surface area (Å²) in [6.07, 6.45) is 1.74. The summed E-state index contributed by atoms with van der Waals surface area (Å²) in [6, 6.07) is 15.4. The number of hydrazone groups is 1. The number of aliphatic carboxylic acids is 1. The summed E-state index contributed by atoms with van der Waals surface area (Å²) in [7, 11) is 0. The van der Waals surface area contributed by atoms with Crippen LogP contribution in [0.2, 0.25) is 0 Å². The quantitative estimate of drug-likeness (QED) is 0.466. The second-order valence-corrected chi connectivity index (χ2v) is 6.20. The summed E-state index contributed by atoms with van der Waals surface area (Å²) in [5.41, 5.74) is 12.2. The Hall–Kier alpha value is -3.19. The van der Waals surface area contributed by atoms with Gasteiger partial charge < -0.3 is 10.8 Å². The highest BCUT2D eigenvalue weighted by molar-refractivity contribution is 7.14. The van der Waals surface area contributed by atoms with E-state index < -0.39 is 5.97 Å². The van der Waals surface area contributed by atoms with Crippen molar-refractivity contribution in [2.75, 3.05) is 11.2 Å². The molecule has 0 fully saturated rings. The average molecular weight is 352 g/mol. The molecule has 0 saturated carbocycles. The summed E-state index contributed by atoms with van der Waals surface area (Å²) in [6.45, 7) is 0. The number of rotatable bonds is 6. The molecular weight excluding hydrogens is 336 g/mol. The van der Waals surface area contributed by atoms with Crippen LogP contribution in [0, 0.1) is 0 Å². The molecule has 2 aromatic carbocycles. The van der Waals surface area contributed by atoms with E-state index in [1.807, 2.05) is 48.5 Å². The third-order valence-corrected chi connectivity index (χ3v) is 4.21. The Balaban J connectivity index is 1.64. The minimum Gasteiger partial charge on any atom is -0.481 e. The number of carboxylic acids is 1. The number of thiazole rings is 1. The summed E-state index contributed by atoms with van der Waals surface area (Å²) in [5, 5.41) is 15.3. The van der Waals surface area contributed by atoms with Crippen LogP contribution in [0.15, 0.2) is 59.0 Å². The number of nitrogens with one attached hydrogen (secondary N) is 1. The summed E-state index contributed by atoms with van der Waals surface area (Å²) in [5.74, 6) is -0.355. The van der Waals surface area contributed by atoms with Gasteiger partial charge in [0.15, 0.2) is 0 Å². The van der Waals surface area contributed by atoms with E-state index in [0.29, 0.717) is 10.9 Å². The van der Waals surface area contributed by atoms with Crippen molar-refractivity contribution in [1.29, 1.82) is 0 Å². The molecule has 0 spiro atoms. The van der Waals surface area contributed by atoms with Crippen LogP contribution in [0.5, 0.6) is 0 Å². The SMILES string of the molecule is Nc1csc(NN=Cc2ccc(-c3ccc(CC(=O)O)cc3)cc2)n1. The number of anilines is 2. The summed E-state index contributed by atoms with van der Waals surface area (Å²) < 4.78 is 0. The van der Waals surface area contributed by atoms with Crippen LogP contribution in [0.3, 0.4) is 0 Å². The number of benzene rings is 2. The largest absolute Gasteiger partial charge is 0.481 e. The van der Waals surface area contributed by atoms with Crippen molar-refractivity contribution in [3.63, 3.8) is 0 Å². The maximum atomic E-state index is 10.7. The monoisotopic (exact) mass is 352 g/mol. The second-order valence-electron chi connectivity index (χ2n) is 5.34. The first-order valence-electron chi connectivity index (χ1n) is 7.51. The molecule has 0 aliphatic carbocycles. The molecule has 4 N–H and O–H groups in total. The Morgan fingerprint density at radius 3 is 2.36 bits per heavy atom. The van der Waals surface area contributed by atoms with Crippen LogP contribution in [0.25, 0.3) is 11.1 Å². The van der Waals surface area contributed by atoms with E-state index in [1.165, 1.54) is 11.3 Å². The van der Waals surface area contributed by atoms with E-state index in [2.05, 4.69) is 15.5 Å². The maximum Gasteiger partial charge on any atom is 0.307 e. The van der Waals surface area contributed by atoms with Crippen LogP contribution in [-0.4, -0.2) is 22.3 Å². The highest BCUT2D eigenvalue weighted by Gasteiger charge is 2.02. The molecule has 0 radical (unpaired) electrons. The second kappa shape index (κ2) is 7.59. The van der Waals surface area contributed by atoms with Crippen molar-refractivity contribution in [2.24, 2.45) is 5.10 Å². The molecule has 3 rings (SSSR count). The van der Waals surface area contributed by atoms with Gasteiger partial charge in [0.05, 0.1) is 12.6 Å². The lowest BCUT2D eigenvalue weighted by Crippen LogP contribution is -1.99. The fourth-order valence-corrected chi connectivity index (χ4v) is 2.80. The van der Waals surface area contributed by atoms with Crippen LogP contribution in [-0.2, 0) is 11.2 Å². The Morgan fingerprint density at radius 1 is 1.16 bits per heavy atom. The highest BCUT2D eigenvalue weighted by atomic mass is 32.1. The lowest BCUT2D eigenvalue weighted by atomic mass is 10.0. The minimum absolute atomic E-state index is 0.0351. The van der Waals surface area contributed by atoms with Gasteiger partial charge in [-0.2, -0.15) is 5.10 Å². The molecule has 126 valence electrons. The van der Waals surface area contributed by atoms with Gasteiger partial charge >= 0.3 is 5.97 Å². The molecule has 6 nitrogen and oxygen atoms in total. The van der Waals surface area contributed by atoms with E-state index in [1.54, 1.807) is 11.6 Å². The zero-order valence-corrected chi connectivity index (χ0v) is 14.0. The predicted octanol–water partition coefficient (Wildman–Crippen LogP) is 3.47. The molecule has 0 unspecified atom stereocenters. The molecule has 0 saturated heterocycles. The Labute approximate surface area is 148 Å². The van der Waals surface area contributed by atoms with Crippen LogP contribution in [0.1, 0.15) is 11.1 Å². The first kappa shape index (κ1) is 16.7. The van der Waals surface area contributed by atoms with Crippen molar-refractivity contribution < 1.29 is 9.90 Å². The third-order valence-electron chi connectivity index (χ3n) is 3.45. The molecule has 1 heterocycles. The smallest absolute Gasteiger partial charge is 0.307 e. The average Bonchev–Trinajstić information content (AvgIpc) is 3.01. The predicted molar refractivity (Wildman–Crippen MR) is 101 cm³/mol. The van der Waals surface area contributed by atoms with Crippen LogP contribution < -0.4 is 11.2 Å². The van der Waals surface area contributed by atoms with Crippen molar-refractivity contribution in [3.8, 4) is 11.1 Å². The number of hydrogen-bond donors (Lipinski definition) is 3. The molecule has 0 atom stereocenters. The number of nitrogens with two attached hydrogens (primary N) is 1. The van der Waals surface area contributed by atoms with Gasteiger partial charge in [0.2, 0.25) is 5.13 Å². The van der Waals surface area contributed by atoms with E-state index in [9.17, 15) is 4.79 Å². The van der Waals surface area contributed by atoms with Gasteiger partial charge in [-0.25, -0.2) is 4.98 Å². The molecule has 7 heteroatoms. The third kappa shape index (κ3) is 4.65. The lowest BCUT2D eigenvalue weighted by molar-refractivity contribution is -0.136. The molecular formula is C18H16N4O2S. The van der Waals surface area contributed by atoms with Gasteiger partial charge in [0, 0.05) is 5.38 Å². The topological polar surface area (TPSA) is 101 Å². The van der Waals surface area contributed by atoms with Gasteiger partial charge in [-0.05, 0) is 22.3 Å². The van der Waals surface area contributed by atoms with E-state index in [-0.39, 0.29) is 6.42 Å². The van der Waals surface area contributed by atoms with Gasteiger partial charge in [-0.15, -0.1) is 11.3 Å². The maximum absolute atomic E-state index is 10.7. The molecule has 0 bridgehead atoms. The first-order valence-corrected chi connectivity index (χ1v) is 8.39. The highest BCUT2D eigenvalue weighted by Crippen LogP contribution is 2.20. The van der Waals surface area contributed by atoms with Crippen molar-refractivity contribution >= 4 is 34.5 Å². The fraction of sp³-hybridized carbons (Fsp3) is 0.0556. The summed E-state index contributed by atoms with van der Waals surface area (Å²) >= 11 is 1.39. The normalized spacial score (nSPS) is 10.9. The first-order chi connectivity index (χ1) is 12.1. The van der Waals surface area contributed by atoms with E-state index in [0.717, 1.165) is 22.3 Å². The Morgan fingerprint density at radius 2 is 1.80 bits per heavy atom. The Bertz CT molecular complexity index is 886. The van der Waals surface area contributed by atoms with Gasteiger partial charge in [-0.1, -0.05) is 48.5 Å². The van der Waals surface area contributed by atoms with E-state index >= 15 is 0 Å². The van der Waals surface area contributed by atoms with Crippen LogP contribution in [0.4, 0.5) is 10.9 Å². The number of hydrogen-bond acceptors (Lipinski definition) is 6. The van der Waals surface area contributed by atoms with Crippen molar-refractivity contribution in [2.45, 2.75) is 6.42 Å². The van der Waals surface area contributed by atoms with E-state index in [4.69, 9.17) is 10.8 Å². The number of nitrogen functional groups attached to an aromatic ring is 1. The van der Waals surface area contributed by atoms with Crippen molar-refractivity contribution in [1.82, 2.24) is 4.98 Å². The minimum atomic E-state index is -0.828. The Kier molecular flexibility index (Phi) is 5.06. The standard InChI is InChI=1S/C18H16N4O2S/c19-16-11-25-18(21-16)22-20-10-13-3-7-15(8-4-13)14-5-1-12(2-6-14)9-17(23)24/h1-8,10-11H,9,19H2,(H,21,22)(H,23,24). The van der Waals surface area contributed by atoms with Gasteiger partial charge in [0.1, 0.15) is 5.82 Å². The molecule has 25 heavy (non-hydrogen) atoms. The zero-order valence-electron chi connectivity index (χ0n) is 13.2. The molecule has 0 aliphatic rings. The molecule has 3 aromatic rings. The number of aromatic nitrogens is 1. The van der Waals surface area contributed by atoms with Crippen molar-refractivity contribution in [3.05, 3.63) is 65.0 Å². The number of carbonyl (C=O) groups is 1. The van der Waals surface area contributed by atoms with Crippen LogP contribution >= 0.6 is 11.3 Å². The fourth-order valence-electron chi connectivity index (χ4n) is 2.25. The molecule has 0 aliphatic heterocycles. The summed E-state index contributed by atoms with van der Waals surface area (Å²) in [4.78, 5) is 14.8. The van der Waals surface area contributed by atoms with Gasteiger partial charge in [0.25, 0.3) is 0 Å². The number of nitrogens with zero attached hydrogens (tertiary/aromatic N) is 2. The van der Waals surface area contributed by atoms with Gasteiger partial charge in [-0.3, -0.25) is 10.2 Å². The molecule has 0 amide bonds. The molecule has 1 aromatic heterocycles. The number of carboxylic acid groups (broad SMARTS) is 1.